The molecule has 1 heterocycles. The first-order valence-electron chi connectivity index (χ1n) is 8.06. The average molecular weight is 388 g/mol. The first-order valence-corrected chi connectivity index (χ1v) is 9.26. The summed E-state index contributed by atoms with van der Waals surface area (Å²) in [5.41, 5.74) is 2.96. The fourth-order valence-electron chi connectivity index (χ4n) is 2.27. The van der Waals surface area contributed by atoms with E-state index in [1.807, 2.05) is 44.2 Å². The van der Waals surface area contributed by atoms with Crippen LogP contribution in [-0.2, 0) is 4.79 Å². The molecule has 26 heavy (non-hydrogen) atoms. The summed E-state index contributed by atoms with van der Waals surface area (Å²) in [7, 11) is 0. The van der Waals surface area contributed by atoms with Crippen LogP contribution in [0.15, 0.2) is 42.5 Å². The molecule has 1 N–H and O–H groups in total. The molecule has 0 aliphatic heterocycles. The van der Waals surface area contributed by atoms with Gasteiger partial charge in [0.15, 0.2) is 6.10 Å². The maximum Gasteiger partial charge on any atom is 0.266 e. The number of nitrogens with zero attached hydrogens (tertiary/aromatic N) is 2. The lowest BCUT2D eigenvalue weighted by molar-refractivity contribution is -0.122. The molecule has 7 heteroatoms. The van der Waals surface area contributed by atoms with Crippen LogP contribution in [0.5, 0.6) is 5.75 Å². The zero-order valence-electron chi connectivity index (χ0n) is 14.6. The molecule has 0 saturated heterocycles. The summed E-state index contributed by atoms with van der Waals surface area (Å²) in [6, 6.07) is 13.2. The number of nitrogens with one attached hydrogen (secondary N) is 1. The number of halogens is 1. The predicted octanol–water partition coefficient (Wildman–Crippen LogP) is 4.88. The van der Waals surface area contributed by atoms with Crippen molar-refractivity contribution in [2.45, 2.75) is 26.9 Å². The molecule has 1 aromatic heterocycles. The summed E-state index contributed by atoms with van der Waals surface area (Å²) in [5, 5.41) is 12.7. The summed E-state index contributed by atoms with van der Waals surface area (Å²) < 4.78 is 5.79. The van der Waals surface area contributed by atoms with Crippen molar-refractivity contribution in [3.8, 4) is 16.3 Å². The van der Waals surface area contributed by atoms with E-state index >= 15 is 0 Å². The second-order valence-electron chi connectivity index (χ2n) is 5.94. The van der Waals surface area contributed by atoms with Crippen LogP contribution >= 0.6 is 22.9 Å². The number of anilines is 1. The van der Waals surface area contributed by atoms with E-state index in [4.69, 9.17) is 16.3 Å². The number of carbonyl (C=O) groups is 1. The lowest BCUT2D eigenvalue weighted by atomic mass is 10.1. The fraction of sp³-hybridized carbons (Fsp3) is 0.211. The Bertz CT molecular complexity index is 925. The number of hydrogen-bond donors (Lipinski definition) is 1. The molecule has 0 fully saturated rings. The van der Waals surface area contributed by atoms with Crippen molar-refractivity contribution < 1.29 is 9.53 Å². The summed E-state index contributed by atoms with van der Waals surface area (Å²) in [5.74, 6) is 0.427. The lowest BCUT2D eigenvalue weighted by Crippen LogP contribution is -2.30. The molecular weight excluding hydrogens is 370 g/mol. The van der Waals surface area contributed by atoms with Gasteiger partial charge in [-0.1, -0.05) is 47.2 Å². The Hall–Kier alpha value is -2.44. The first-order chi connectivity index (χ1) is 12.4. The fourth-order valence-corrected chi connectivity index (χ4v) is 3.15. The summed E-state index contributed by atoms with van der Waals surface area (Å²) in [6.45, 7) is 5.64. The van der Waals surface area contributed by atoms with Gasteiger partial charge in [0.1, 0.15) is 10.8 Å². The van der Waals surface area contributed by atoms with E-state index in [1.54, 1.807) is 19.1 Å². The molecule has 5 nitrogen and oxygen atoms in total. The van der Waals surface area contributed by atoms with E-state index in [1.165, 1.54) is 11.3 Å². The maximum atomic E-state index is 12.4. The van der Waals surface area contributed by atoms with E-state index in [2.05, 4.69) is 15.5 Å². The second kappa shape index (κ2) is 7.85. The molecule has 2 aromatic carbocycles. The Morgan fingerprint density at radius 1 is 1.15 bits per heavy atom. The zero-order valence-corrected chi connectivity index (χ0v) is 16.2. The van der Waals surface area contributed by atoms with Crippen molar-refractivity contribution in [2.24, 2.45) is 0 Å². The molecule has 1 amide bonds. The minimum Gasteiger partial charge on any atom is -0.481 e. The second-order valence-corrected chi connectivity index (χ2v) is 7.35. The maximum absolute atomic E-state index is 12.4. The monoisotopic (exact) mass is 387 g/mol. The van der Waals surface area contributed by atoms with Gasteiger partial charge in [0.05, 0.1) is 0 Å². The molecule has 0 unspecified atom stereocenters. The Morgan fingerprint density at radius 3 is 2.62 bits per heavy atom. The molecule has 134 valence electrons. The minimum absolute atomic E-state index is 0.273. The Labute approximate surface area is 161 Å². The van der Waals surface area contributed by atoms with Gasteiger partial charge in [0.25, 0.3) is 5.91 Å². The SMILES string of the molecule is Cc1ccc(C)c(O[C@@H](C)C(=O)Nc2nnc(-c3ccc(Cl)cc3)s2)c1. The van der Waals surface area contributed by atoms with Gasteiger partial charge < -0.3 is 4.74 Å². The molecule has 0 spiro atoms. The van der Waals surface area contributed by atoms with E-state index in [0.717, 1.165) is 16.7 Å². The van der Waals surface area contributed by atoms with E-state index in [0.29, 0.717) is 20.9 Å². The van der Waals surface area contributed by atoms with Crippen molar-refractivity contribution in [2.75, 3.05) is 5.32 Å². The average Bonchev–Trinajstić information content (AvgIpc) is 3.07. The van der Waals surface area contributed by atoms with Crippen molar-refractivity contribution in [3.05, 3.63) is 58.6 Å². The number of ether oxygens (including phenoxy) is 1. The molecular formula is C19H18ClN3O2S. The Morgan fingerprint density at radius 2 is 1.88 bits per heavy atom. The van der Waals surface area contributed by atoms with E-state index in [9.17, 15) is 4.79 Å². The summed E-state index contributed by atoms with van der Waals surface area (Å²) >= 11 is 7.19. The summed E-state index contributed by atoms with van der Waals surface area (Å²) in [4.78, 5) is 12.4. The predicted molar refractivity (Wildman–Crippen MR) is 105 cm³/mol. The third-order valence-electron chi connectivity index (χ3n) is 3.76. The minimum atomic E-state index is -0.654. The van der Waals surface area contributed by atoms with Gasteiger partial charge >= 0.3 is 0 Å². The normalized spacial score (nSPS) is 11.8. The van der Waals surface area contributed by atoms with Gasteiger partial charge in [-0.2, -0.15) is 0 Å². The number of hydrogen-bond acceptors (Lipinski definition) is 5. The van der Waals surface area contributed by atoms with Crippen LogP contribution in [0.4, 0.5) is 5.13 Å². The van der Waals surface area contributed by atoms with Gasteiger partial charge in [0, 0.05) is 10.6 Å². The highest BCUT2D eigenvalue weighted by molar-refractivity contribution is 7.18. The van der Waals surface area contributed by atoms with Crippen molar-refractivity contribution >= 4 is 34.0 Å². The number of amides is 1. The Balaban J connectivity index is 1.66. The van der Waals surface area contributed by atoms with Gasteiger partial charge in [-0.25, -0.2) is 0 Å². The third kappa shape index (κ3) is 4.39. The standard InChI is InChI=1S/C19H18ClN3O2S/c1-11-4-5-12(2)16(10-11)25-13(3)17(24)21-19-23-22-18(26-19)14-6-8-15(20)9-7-14/h4-10,13H,1-3H3,(H,21,23,24)/t13-/m0/s1. The number of aromatic nitrogens is 2. The molecule has 0 bridgehead atoms. The highest BCUT2D eigenvalue weighted by Crippen LogP contribution is 2.27. The molecule has 3 aromatic rings. The van der Waals surface area contributed by atoms with Crippen LogP contribution in [0.1, 0.15) is 18.1 Å². The molecule has 0 aliphatic rings. The first kappa shape index (κ1) is 18.4. The molecule has 3 rings (SSSR count). The zero-order chi connectivity index (χ0) is 18.7. The third-order valence-corrected chi connectivity index (χ3v) is 4.90. The highest BCUT2D eigenvalue weighted by atomic mass is 35.5. The highest BCUT2D eigenvalue weighted by Gasteiger charge is 2.18. The van der Waals surface area contributed by atoms with Crippen LogP contribution in [0.3, 0.4) is 0 Å². The van der Waals surface area contributed by atoms with E-state index < -0.39 is 6.10 Å². The van der Waals surface area contributed by atoms with E-state index in [-0.39, 0.29) is 5.91 Å². The molecule has 0 saturated carbocycles. The Kier molecular flexibility index (Phi) is 5.54. The number of carbonyl (C=O) groups excluding carboxylic acids is 1. The number of aryl methyl sites for hydroxylation is 2. The van der Waals surface area contributed by atoms with Crippen molar-refractivity contribution in [1.82, 2.24) is 10.2 Å². The van der Waals surface area contributed by atoms with Crippen LogP contribution in [0.2, 0.25) is 5.02 Å². The van der Waals surface area contributed by atoms with Gasteiger partial charge in [-0.3, -0.25) is 10.1 Å². The molecule has 0 aliphatic carbocycles. The van der Waals surface area contributed by atoms with Crippen LogP contribution in [0.25, 0.3) is 10.6 Å². The lowest BCUT2D eigenvalue weighted by Gasteiger charge is -2.15. The van der Waals surface area contributed by atoms with Crippen molar-refractivity contribution in [1.29, 1.82) is 0 Å². The smallest absolute Gasteiger partial charge is 0.266 e. The van der Waals surface area contributed by atoms with Crippen LogP contribution in [0, 0.1) is 13.8 Å². The van der Waals surface area contributed by atoms with Gasteiger partial charge in [-0.15, -0.1) is 10.2 Å². The number of benzene rings is 2. The quantitative estimate of drug-likeness (QED) is 0.677. The largest absolute Gasteiger partial charge is 0.481 e. The topological polar surface area (TPSA) is 64.1 Å². The van der Waals surface area contributed by atoms with Crippen molar-refractivity contribution in [3.63, 3.8) is 0 Å². The van der Waals surface area contributed by atoms with Gasteiger partial charge in [0.2, 0.25) is 5.13 Å². The van der Waals surface area contributed by atoms with Crippen LogP contribution in [-0.4, -0.2) is 22.2 Å². The van der Waals surface area contributed by atoms with Crippen LogP contribution < -0.4 is 10.1 Å². The summed E-state index contributed by atoms with van der Waals surface area (Å²) in [6.07, 6.45) is -0.654. The molecule has 0 radical (unpaired) electrons. The number of rotatable bonds is 5. The van der Waals surface area contributed by atoms with Gasteiger partial charge in [-0.05, 0) is 50.1 Å². The molecule has 1 atom stereocenters.